The van der Waals surface area contributed by atoms with E-state index >= 15 is 0 Å². The van der Waals surface area contributed by atoms with Crippen molar-refractivity contribution in [3.05, 3.63) is 53.1 Å². The van der Waals surface area contributed by atoms with Gasteiger partial charge in [0, 0.05) is 19.3 Å². The van der Waals surface area contributed by atoms with Crippen molar-refractivity contribution in [3.8, 4) is 0 Å². The van der Waals surface area contributed by atoms with Crippen LogP contribution in [0, 0.1) is 19.7 Å². The van der Waals surface area contributed by atoms with Crippen LogP contribution in [0.25, 0.3) is 0 Å². The molecule has 1 amide bonds. The third-order valence-corrected chi connectivity index (χ3v) is 3.72. The first-order valence-corrected chi connectivity index (χ1v) is 8.00. The summed E-state index contributed by atoms with van der Waals surface area (Å²) in [6.07, 6.45) is 0.142. The van der Waals surface area contributed by atoms with Gasteiger partial charge in [0.25, 0.3) is 5.91 Å². The number of ether oxygens (including phenoxy) is 1. The van der Waals surface area contributed by atoms with E-state index in [0.717, 1.165) is 11.4 Å². The Morgan fingerprint density at radius 3 is 2.68 bits per heavy atom. The zero-order valence-corrected chi connectivity index (χ0v) is 14.7. The average Bonchev–Trinajstić information content (AvgIpc) is 2.88. The van der Waals surface area contributed by atoms with Crippen LogP contribution in [0.3, 0.4) is 0 Å². The molecule has 0 aliphatic heterocycles. The van der Waals surface area contributed by atoms with E-state index in [1.54, 1.807) is 23.9 Å². The molecule has 0 radical (unpaired) electrons. The molecular formula is C18H22FN3O3. The highest BCUT2D eigenvalue weighted by atomic mass is 19.1. The van der Waals surface area contributed by atoms with E-state index in [0.29, 0.717) is 12.1 Å². The predicted octanol–water partition coefficient (Wildman–Crippen LogP) is 2.23. The van der Waals surface area contributed by atoms with Crippen molar-refractivity contribution in [2.45, 2.75) is 33.4 Å². The smallest absolute Gasteiger partial charge is 0.308 e. The number of amides is 1. The maximum absolute atomic E-state index is 13.1. The number of benzene rings is 1. The number of likely N-dealkylation sites (N-methyl/N-ethyl adjacent to an activating group) is 1. The maximum atomic E-state index is 13.1. The van der Waals surface area contributed by atoms with Gasteiger partial charge in [0.2, 0.25) is 0 Å². The number of aromatic nitrogens is 2. The predicted molar refractivity (Wildman–Crippen MR) is 90.2 cm³/mol. The van der Waals surface area contributed by atoms with Gasteiger partial charge in [-0.2, -0.15) is 5.10 Å². The Bertz CT molecular complexity index is 758. The highest BCUT2D eigenvalue weighted by molar-refractivity contribution is 5.80. The fraction of sp³-hybridized carbons (Fsp3) is 0.389. The first kappa shape index (κ1) is 18.6. The van der Waals surface area contributed by atoms with E-state index < -0.39 is 5.97 Å². The Balaban J connectivity index is 1.74. The fourth-order valence-corrected chi connectivity index (χ4v) is 2.42. The summed E-state index contributed by atoms with van der Waals surface area (Å²) in [7, 11) is 1.58. The lowest BCUT2D eigenvalue weighted by Crippen LogP contribution is -2.31. The number of esters is 1. The summed E-state index contributed by atoms with van der Waals surface area (Å²) in [6.45, 7) is 4.12. The minimum atomic E-state index is -0.458. The van der Waals surface area contributed by atoms with Gasteiger partial charge in [-0.05, 0) is 37.6 Å². The SMILES string of the molecule is Cc1cc(C)n(CCC(=O)OCC(=O)N(C)Cc2cccc(F)c2)n1. The second kappa shape index (κ2) is 8.41. The van der Waals surface area contributed by atoms with Gasteiger partial charge in [-0.25, -0.2) is 4.39 Å². The lowest BCUT2D eigenvalue weighted by atomic mass is 10.2. The molecule has 0 fully saturated rings. The lowest BCUT2D eigenvalue weighted by Gasteiger charge is -2.17. The molecule has 0 unspecified atom stereocenters. The topological polar surface area (TPSA) is 64.4 Å². The summed E-state index contributed by atoms with van der Waals surface area (Å²) < 4.78 is 19.9. The molecule has 2 rings (SSSR count). The molecule has 0 atom stereocenters. The van der Waals surface area contributed by atoms with Crippen molar-refractivity contribution < 1.29 is 18.7 Å². The average molecular weight is 347 g/mol. The molecule has 0 spiro atoms. The monoisotopic (exact) mass is 347 g/mol. The lowest BCUT2D eigenvalue weighted by molar-refractivity contribution is -0.151. The van der Waals surface area contributed by atoms with Crippen LogP contribution in [0.1, 0.15) is 23.4 Å². The highest BCUT2D eigenvalue weighted by Crippen LogP contribution is 2.07. The second-order valence-electron chi connectivity index (χ2n) is 5.94. The van der Waals surface area contributed by atoms with Crippen molar-refractivity contribution in [1.82, 2.24) is 14.7 Å². The Hall–Kier alpha value is -2.70. The molecule has 25 heavy (non-hydrogen) atoms. The highest BCUT2D eigenvalue weighted by Gasteiger charge is 2.13. The van der Waals surface area contributed by atoms with Gasteiger partial charge in [0.05, 0.1) is 18.7 Å². The minimum absolute atomic E-state index is 0.142. The number of rotatable bonds is 7. The van der Waals surface area contributed by atoms with Crippen molar-refractivity contribution in [2.24, 2.45) is 0 Å². The third-order valence-electron chi connectivity index (χ3n) is 3.72. The second-order valence-corrected chi connectivity index (χ2v) is 5.94. The molecule has 0 saturated carbocycles. The Morgan fingerprint density at radius 1 is 1.28 bits per heavy atom. The van der Waals surface area contributed by atoms with Crippen LogP contribution in [0.5, 0.6) is 0 Å². The van der Waals surface area contributed by atoms with E-state index in [4.69, 9.17) is 4.74 Å². The van der Waals surface area contributed by atoms with Crippen LogP contribution in [-0.4, -0.2) is 40.2 Å². The van der Waals surface area contributed by atoms with E-state index in [2.05, 4.69) is 5.10 Å². The Morgan fingerprint density at radius 2 is 2.04 bits per heavy atom. The normalized spacial score (nSPS) is 10.6. The van der Waals surface area contributed by atoms with Gasteiger partial charge in [-0.15, -0.1) is 0 Å². The number of carbonyl (C=O) groups excluding carboxylic acids is 2. The molecule has 0 aliphatic rings. The molecular weight excluding hydrogens is 325 g/mol. The molecule has 0 saturated heterocycles. The molecule has 6 nitrogen and oxygen atoms in total. The van der Waals surface area contributed by atoms with Gasteiger partial charge < -0.3 is 9.64 Å². The standard InChI is InChI=1S/C18H22FN3O3/c1-13-9-14(2)22(20-13)8-7-18(24)25-12-17(23)21(3)11-15-5-4-6-16(19)10-15/h4-6,9-10H,7-8,11-12H2,1-3H3. The van der Waals surface area contributed by atoms with Gasteiger partial charge in [-0.3, -0.25) is 14.3 Å². The third kappa shape index (κ3) is 5.70. The molecule has 0 aliphatic carbocycles. The molecule has 1 aromatic carbocycles. The Kier molecular flexibility index (Phi) is 6.27. The van der Waals surface area contributed by atoms with Crippen LogP contribution in [-0.2, 0) is 27.4 Å². The molecule has 1 aromatic heterocycles. The summed E-state index contributed by atoms with van der Waals surface area (Å²) >= 11 is 0. The van der Waals surface area contributed by atoms with Crippen LogP contribution in [0.2, 0.25) is 0 Å². The first-order chi connectivity index (χ1) is 11.8. The maximum Gasteiger partial charge on any atom is 0.308 e. The number of aryl methyl sites for hydroxylation is 3. The van der Waals surface area contributed by atoms with Crippen LogP contribution in [0.15, 0.2) is 30.3 Å². The van der Waals surface area contributed by atoms with Crippen molar-refractivity contribution in [2.75, 3.05) is 13.7 Å². The summed E-state index contributed by atoms with van der Waals surface area (Å²) in [5.41, 5.74) is 2.53. The minimum Gasteiger partial charge on any atom is -0.456 e. The summed E-state index contributed by atoms with van der Waals surface area (Å²) in [4.78, 5) is 25.2. The van der Waals surface area contributed by atoms with E-state index in [1.165, 1.54) is 17.0 Å². The molecule has 7 heteroatoms. The molecule has 0 N–H and O–H groups in total. The number of hydrogen-bond donors (Lipinski definition) is 0. The van der Waals surface area contributed by atoms with E-state index in [1.807, 2.05) is 19.9 Å². The van der Waals surface area contributed by atoms with E-state index in [9.17, 15) is 14.0 Å². The zero-order valence-electron chi connectivity index (χ0n) is 14.7. The van der Waals surface area contributed by atoms with Gasteiger partial charge in [-0.1, -0.05) is 12.1 Å². The molecule has 134 valence electrons. The van der Waals surface area contributed by atoms with Gasteiger partial charge >= 0.3 is 5.97 Å². The number of hydrogen-bond acceptors (Lipinski definition) is 4. The molecule has 0 bridgehead atoms. The number of carbonyl (C=O) groups is 2. The molecule has 2 aromatic rings. The summed E-state index contributed by atoms with van der Waals surface area (Å²) in [5.74, 6) is -1.15. The Labute approximate surface area is 146 Å². The quantitative estimate of drug-likeness (QED) is 0.721. The van der Waals surface area contributed by atoms with Crippen molar-refractivity contribution in [3.63, 3.8) is 0 Å². The summed E-state index contributed by atoms with van der Waals surface area (Å²) in [5, 5.41) is 4.26. The molecule has 1 heterocycles. The first-order valence-electron chi connectivity index (χ1n) is 8.00. The van der Waals surface area contributed by atoms with Crippen molar-refractivity contribution in [1.29, 1.82) is 0 Å². The number of halogens is 1. The van der Waals surface area contributed by atoms with Crippen molar-refractivity contribution >= 4 is 11.9 Å². The summed E-state index contributed by atoms with van der Waals surface area (Å²) in [6, 6.07) is 7.95. The largest absolute Gasteiger partial charge is 0.456 e. The zero-order chi connectivity index (χ0) is 18.4. The number of nitrogens with zero attached hydrogens (tertiary/aromatic N) is 3. The van der Waals surface area contributed by atoms with E-state index in [-0.39, 0.29) is 31.3 Å². The van der Waals surface area contributed by atoms with Gasteiger partial charge in [0.1, 0.15) is 5.82 Å². The van der Waals surface area contributed by atoms with Crippen LogP contribution >= 0.6 is 0 Å². The fourth-order valence-electron chi connectivity index (χ4n) is 2.42. The van der Waals surface area contributed by atoms with Crippen LogP contribution < -0.4 is 0 Å². The van der Waals surface area contributed by atoms with Crippen LogP contribution in [0.4, 0.5) is 4.39 Å². The van der Waals surface area contributed by atoms with Gasteiger partial charge in [0.15, 0.2) is 6.61 Å².